The van der Waals surface area contributed by atoms with Crippen molar-refractivity contribution in [3.63, 3.8) is 0 Å². The summed E-state index contributed by atoms with van der Waals surface area (Å²) in [6.07, 6.45) is 0. The van der Waals surface area contributed by atoms with Crippen LogP contribution < -0.4 is 10.5 Å². The quantitative estimate of drug-likeness (QED) is 0.841. The van der Waals surface area contributed by atoms with Gasteiger partial charge in [-0.2, -0.15) is 0 Å². The number of nitrogens with two attached hydrogens (primary N) is 1. The maximum absolute atomic E-state index is 13.2. The Kier molecular flexibility index (Phi) is 3.47. The number of nitrogen functional groups attached to an aromatic ring is 1. The van der Waals surface area contributed by atoms with Crippen molar-refractivity contribution in [1.29, 1.82) is 0 Å². The Hall–Kier alpha value is -1.69. The van der Waals surface area contributed by atoms with E-state index in [4.69, 9.17) is 10.5 Å². The Bertz CT molecular complexity index is 604. The molecule has 0 unspecified atom stereocenters. The van der Waals surface area contributed by atoms with Crippen molar-refractivity contribution in [3.05, 3.63) is 52.3 Å². The molecule has 2 rings (SSSR count). The molecule has 0 spiro atoms. The van der Waals surface area contributed by atoms with Gasteiger partial charge in [-0.25, -0.2) is 13.2 Å². The molecule has 0 aliphatic rings. The molecule has 0 bridgehead atoms. The largest absolute Gasteiger partial charge is 0.454 e. The molecule has 0 radical (unpaired) electrons. The molecule has 18 heavy (non-hydrogen) atoms. The Balaban J connectivity index is 2.43. The second kappa shape index (κ2) is 4.89. The number of hydrogen-bond donors (Lipinski definition) is 1. The first kappa shape index (κ1) is 12.8. The molecule has 0 saturated carbocycles. The molecule has 0 atom stereocenters. The van der Waals surface area contributed by atoms with E-state index in [0.717, 1.165) is 12.1 Å². The second-order valence-corrected chi connectivity index (χ2v) is 4.33. The molecule has 0 fully saturated rings. The fraction of sp³-hybridized carbons (Fsp3) is 0. The van der Waals surface area contributed by atoms with Crippen LogP contribution in [0, 0.1) is 17.5 Å². The van der Waals surface area contributed by atoms with Crippen LogP contribution in [0.25, 0.3) is 0 Å². The monoisotopic (exact) mass is 317 g/mol. The van der Waals surface area contributed by atoms with E-state index < -0.39 is 17.5 Å². The minimum atomic E-state index is -0.933. The summed E-state index contributed by atoms with van der Waals surface area (Å²) < 4.78 is 44.9. The number of ether oxygens (including phenoxy) is 1. The van der Waals surface area contributed by atoms with Crippen molar-refractivity contribution in [3.8, 4) is 11.5 Å². The Labute approximate surface area is 109 Å². The number of benzene rings is 2. The van der Waals surface area contributed by atoms with E-state index in [9.17, 15) is 13.2 Å². The van der Waals surface area contributed by atoms with E-state index in [-0.39, 0.29) is 17.2 Å². The van der Waals surface area contributed by atoms with Crippen LogP contribution in [0.5, 0.6) is 11.5 Å². The van der Waals surface area contributed by atoms with E-state index in [1.807, 2.05) is 0 Å². The van der Waals surface area contributed by atoms with Crippen LogP contribution in [0.3, 0.4) is 0 Å². The Morgan fingerprint density at radius 1 is 0.944 bits per heavy atom. The maximum Gasteiger partial charge on any atom is 0.156 e. The van der Waals surface area contributed by atoms with Gasteiger partial charge in [-0.05, 0) is 28.1 Å². The lowest BCUT2D eigenvalue weighted by Crippen LogP contribution is -1.97. The average Bonchev–Trinajstić information content (AvgIpc) is 2.30. The summed E-state index contributed by atoms with van der Waals surface area (Å²) in [5, 5.41) is 0. The van der Waals surface area contributed by atoms with Crippen LogP contribution in [-0.4, -0.2) is 0 Å². The van der Waals surface area contributed by atoms with Crippen LogP contribution in [0.15, 0.2) is 34.8 Å². The fourth-order valence-corrected chi connectivity index (χ4v) is 1.65. The van der Waals surface area contributed by atoms with Crippen LogP contribution >= 0.6 is 15.9 Å². The van der Waals surface area contributed by atoms with E-state index in [1.165, 1.54) is 12.1 Å². The van der Waals surface area contributed by atoms with E-state index in [2.05, 4.69) is 15.9 Å². The molecule has 0 heterocycles. The van der Waals surface area contributed by atoms with Crippen LogP contribution in [0.2, 0.25) is 0 Å². The smallest absolute Gasteiger partial charge is 0.156 e. The van der Waals surface area contributed by atoms with Gasteiger partial charge in [-0.3, -0.25) is 0 Å². The van der Waals surface area contributed by atoms with Gasteiger partial charge in [-0.15, -0.1) is 0 Å². The SMILES string of the molecule is Nc1c(F)cc(F)cc1Oc1cc(F)ccc1Br. The molecular formula is C12H7BrF3NO. The normalized spacial score (nSPS) is 10.4. The summed E-state index contributed by atoms with van der Waals surface area (Å²) >= 11 is 3.13. The highest BCUT2D eigenvalue weighted by Crippen LogP contribution is 2.34. The molecule has 2 aromatic rings. The molecule has 2 N–H and O–H groups in total. The summed E-state index contributed by atoms with van der Waals surface area (Å²) in [6, 6.07) is 5.27. The molecule has 0 aliphatic carbocycles. The first-order chi connectivity index (χ1) is 8.47. The number of anilines is 1. The molecular weight excluding hydrogens is 311 g/mol. The summed E-state index contributed by atoms with van der Waals surface area (Å²) in [6.45, 7) is 0. The third-order valence-electron chi connectivity index (χ3n) is 2.17. The van der Waals surface area contributed by atoms with Gasteiger partial charge in [0.2, 0.25) is 0 Å². The molecule has 0 saturated heterocycles. The first-order valence-corrected chi connectivity index (χ1v) is 5.64. The maximum atomic E-state index is 13.2. The van der Waals surface area contributed by atoms with Crippen molar-refractivity contribution >= 4 is 21.6 Å². The summed E-state index contributed by atoms with van der Waals surface area (Å²) in [5.41, 5.74) is 5.07. The van der Waals surface area contributed by atoms with Gasteiger partial charge in [0.25, 0.3) is 0 Å². The molecule has 0 aliphatic heterocycles. The molecule has 6 heteroatoms. The van der Waals surface area contributed by atoms with Crippen molar-refractivity contribution in [1.82, 2.24) is 0 Å². The zero-order chi connectivity index (χ0) is 13.3. The van der Waals surface area contributed by atoms with E-state index >= 15 is 0 Å². The van der Waals surface area contributed by atoms with Crippen molar-refractivity contribution in [2.24, 2.45) is 0 Å². The van der Waals surface area contributed by atoms with Gasteiger partial charge < -0.3 is 10.5 Å². The first-order valence-electron chi connectivity index (χ1n) is 4.85. The Morgan fingerprint density at radius 2 is 1.61 bits per heavy atom. The lowest BCUT2D eigenvalue weighted by Gasteiger charge is -2.10. The average molecular weight is 318 g/mol. The topological polar surface area (TPSA) is 35.2 Å². The third-order valence-corrected chi connectivity index (χ3v) is 2.82. The highest BCUT2D eigenvalue weighted by atomic mass is 79.9. The predicted octanol–water partition coefficient (Wildman–Crippen LogP) is 4.24. The zero-order valence-electron chi connectivity index (χ0n) is 8.88. The van der Waals surface area contributed by atoms with Crippen molar-refractivity contribution in [2.45, 2.75) is 0 Å². The summed E-state index contributed by atoms with van der Waals surface area (Å²) in [7, 11) is 0. The predicted molar refractivity (Wildman–Crippen MR) is 64.9 cm³/mol. The highest BCUT2D eigenvalue weighted by molar-refractivity contribution is 9.10. The number of rotatable bonds is 2. The lowest BCUT2D eigenvalue weighted by atomic mass is 10.2. The zero-order valence-corrected chi connectivity index (χ0v) is 10.5. The minimum Gasteiger partial charge on any atom is -0.454 e. The van der Waals surface area contributed by atoms with Gasteiger partial charge in [0, 0.05) is 18.2 Å². The van der Waals surface area contributed by atoms with E-state index in [0.29, 0.717) is 10.5 Å². The van der Waals surface area contributed by atoms with Crippen LogP contribution in [-0.2, 0) is 0 Å². The van der Waals surface area contributed by atoms with Crippen molar-refractivity contribution < 1.29 is 17.9 Å². The Morgan fingerprint density at radius 3 is 2.33 bits per heavy atom. The lowest BCUT2D eigenvalue weighted by molar-refractivity contribution is 0.464. The minimum absolute atomic E-state index is 0.0756. The van der Waals surface area contributed by atoms with Gasteiger partial charge in [-0.1, -0.05) is 0 Å². The molecule has 0 aromatic heterocycles. The summed E-state index contributed by atoms with van der Waals surface area (Å²) in [5.74, 6) is -2.43. The van der Waals surface area contributed by atoms with Gasteiger partial charge >= 0.3 is 0 Å². The van der Waals surface area contributed by atoms with Gasteiger partial charge in [0.15, 0.2) is 11.6 Å². The van der Waals surface area contributed by atoms with Crippen LogP contribution in [0.1, 0.15) is 0 Å². The van der Waals surface area contributed by atoms with Crippen molar-refractivity contribution in [2.75, 3.05) is 5.73 Å². The standard InChI is InChI=1S/C12H7BrF3NO/c13-8-2-1-6(14)4-10(8)18-11-5-7(15)3-9(16)12(11)17/h1-5H,17H2. The second-order valence-electron chi connectivity index (χ2n) is 3.48. The summed E-state index contributed by atoms with van der Waals surface area (Å²) in [4.78, 5) is 0. The van der Waals surface area contributed by atoms with Gasteiger partial charge in [0.1, 0.15) is 23.1 Å². The molecule has 2 nitrogen and oxygen atoms in total. The molecule has 2 aromatic carbocycles. The van der Waals surface area contributed by atoms with E-state index in [1.54, 1.807) is 0 Å². The van der Waals surface area contributed by atoms with Crippen LogP contribution in [0.4, 0.5) is 18.9 Å². The highest BCUT2D eigenvalue weighted by Gasteiger charge is 2.12. The molecule has 0 amide bonds. The number of halogens is 4. The molecule has 94 valence electrons. The van der Waals surface area contributed by atoms with Gasteiger partial charge in [0.05, 0.1) is 4.47 Å². The third kappa shape index (κ3) is 2.59. The number of hydrogen-bond acceptors (Lipinski definition) is 2. The fourth-order valence-electron chi connectivity index (χ4n) is 1.32.